The van der Waals surface area contributed by atoms with Crippen LogP contribution in [0.15, 0.2) is 24.3 Å². The summed E-state index contributed by atoms with van der Waals surface area (Å²) in [6.07, 6.45) is 15.8. The van der Waals surface area contributed by atoms with Gasteiger partial charge in [0.2, 0.25) is 0 Å². The van der Waals surface area contributed by atoms with Crippen molar-refractivity contribution in [2.24, 2.45) is 5.92 Å². The summed E-state index contributed by atoms with van der Waals surface area (Å²) in [5.74, 6) is 1.88. The quantitative estimate of drug-likeness (QED) is 0.305. The van der Waals surface area contributed by atoms with Gasteiger partial charge in [-0.05, 0) is 62.1 Å². The molecule has 1 saturated carbocycles. The number of hydrogen-bond donors (Lipinski definition) is 3. The SMILES string of the molecule is CCCCCCCC=CCc1cc(O)c2c(c1)OCC1CCC(NO)CC21. The molecule has 0 amide bonds. The van der Waals surface area contributed by atoms with Crippen molar-refractivity contribution in [2.45, 2.75) is 83.1 Å². The van der Waals surface area contributed by atoms with E-state index in [9.17, 15) is 10.3 Å². The number of hydrogen-bond acceptors (Lipinski definition) is 4. The van der Waals surface area contributed by atoms with E-state index in [2.05, 4.69) is 30.6 Å². The maximum atomic E-state index is 10.7. The molecule has 27 heavy (non-hydrogen) atoms. The number of allylic oxidation sites excluding steroid dienone is 2. The highest BCUT2D eigenvalue weighted by atomic mass is 16.5. The molecule has 0 saturated heterocycles. The Balaban J connectivity index is 1.58. The first-order valence-electron chi connectivity index (χ1n) is 10.8. The summed E-state index contributed by atoms with van der Waals surface area (Å²) in [5.41, 5.74) is 4.46. The zero-order chi connectivity index (χ0) is 19.1. The van der Waals surface area contributed by atoms with Gasteiger partial charge in [0.05, 0.1) is 6.61 Å². The van der Waals surface area contributed by atoms with Crippen LogP contribution in [0.1, 0.15) is 81.8 Å². The van der Waals surface area contributed by atoms with Gasteiger partial charge < -0.3 is 15.1 Å². The molecule has 0 bridgehead atoms. The van der Waals surface area contributed by atoms with Crippen molar-refractivity contribution in [2.75, 3.05) is 6.61 Å². The number of hydroxylamine groups is 1. The minimum Gasteiger partial charge on any atom is -0.508 e. The average molecular weight is 374 g/mol. The van der Waals surface area contributed by atoms with E-state index in [4.69, 9.17) is 4.74 Å². The number of unbranched alkanes of at least 4 members (excludes halogenated alkanes) is 5. The van der Waals surface area contributed by atoms with Crippen LogP contribution in [0.25, 0.3) is 0 Å². The van der Waals surface area contributed by atoms with Gasteiger partial charge in [-0.1, -0.05) is 44.8 Å². The Hall–Kier alpha value is -1.52. The predicted molar refractivity (Wildman–Crippen MR) is 109 cm³/mol. The van der Waals surface area contributed by atoms with Gasteiger partial charge in [-0.15, -0.1) is 0 Å². The molecule has 4 heteroatoms. The fraction of sp³-hybridized carbons (Fsp3) is 0.652. The van der Waals surface area contributed by atoms with Gasteiger partial charge >= 0.3 is 0 Å². The van der Waals surface area contributed by atoms with Crippen LogP contribution in [0.3, 0.4) is 0 Å². The van der Waals surface area contributed by atoms with Gasteiger partial charge in [0.1, 0.15) is 11.5 Å². The third-order valence-electron chi connectivity index (χ3n) is 6.17. The van der Waals surface area contributed by atoms with E-state index in [1.165, 1.54) is 32.1 Å². The molecule has 0 aromatic heterocycles. The van der Waals surface area contributed by atoms with Gasteiger partial charge in [0.15, 0.2) is 0 Å². The molecule has 0 radical (unpaired) electrons. The number of phenols is 1. The van der Waals surface area contributed by atoms with Gasteiger partial charge in [-0.25, -0.2) is 5.48 Å². The lowest BCUT2D eigenvalue weighted by atomic mass is 9.72. The summed E-state index contributed by atoms with van der Waals surface area (Å²) >= 11 is 0. The number of rotatable bonds is 9. The summed E-state index contributed by atoms with van der Waals surface area (Å²) < 4.78 is 6.00. The molecule has 1 aromatic carbocycles. The van der Waals surface area contributed by atoms with Crippen molar-refractivity contribution < 1.29 is 15.1 Å². The second-order valence-electron chi connectivity index (χ2n) is 8.22. The van der Waals surface area contributed by atoms with Crippen molar-refractivity contribution in [1.82, 2.24) is 5.48 Å². The van der Waals surface area contributed by atoms with Gasteiger partial charge in [0.25, 0.3) is 0 Å². The Morgan fingerprint density at radius 1 is 1.15 bits per heavy atom. The Kier molecular flexibility index (Phi) is 7.59. The van der Waals surface area contributed by atoms with E-state index in [0.717, 1.165) is 49.0 Å². The van der Waals surface area contributed by atoms with E-state index in [0.29, 0.717) is 18.3 Å². The molecule has 2 aliphatic rings. The smallest absolute Gasteiger partial charge is 0.126 e. The van der Waals surface area contributed by atoms with Crippen LogP contribution in [-0.2, 0) is 6.42 Å². The third kappa shape index (κ3) is 5.26. The first-order chi connectivity index (χ1) is 13.2. The maximum absolute atomic E-state index is 10.7. The Morgan fingerprint density at radius 2 is 2.00 bits per heavy atom. The summed E-state index contributed by atoms with van der Waals surface area (Å²) in [5, 5.41) is 20.0. The molecule has 3 atom stereocenters. The predicted octanol–water partition coefficient (Wildman–Crippen LogP) is 5.47. The largest absolute Gasteiger partial charge is 0.508 e. The van der Waals surface area contributed by atoms with Gasteiger partial charge in [-0.2, -0.15) is 0 Å². The lowest BCUT2D eigenvalue weighted by Gasteiger charge is -2.40. The van der Waals surface area contributed by atoms with Crippen LogP contribution < -0.4 is 10.2 Å². The molecule has 150 valence electrons. The number of nitrogens with one attached hydrogen (secondary N) is 1. The topological polar surface area (TPSA) is 61.7 Å². The first kappa shape index (κ1) is 20.2. The van der Waals surface area contributed by atoms with E-state index in [1.54, 1.807) is 0 Å². The molecule has 3 N–H and O–H groups in total. The molecular weight excluding hydrogens is 338 g/mol. The molecule has 4 nitrogen and oxygen atoms in total. The van der Waals surface area contributed by atoms with Crippen LogP contribution in [0.5, 0.6) is 11.5 Å². The number of fused-ring (bicyclic) bond motifs is 3. The number of benzene rings is 1. The standard InChI is InChI=1S/C23H35NO3/c1-2-3-4-5-6-7-8-9-10-17-13-21(25)23-20-15-19(24-26)12-11-18(20)16-27-22(23)14-17/h8-9,13-14,18-20,24-26H,2-7,10-12,15-16H2,1H3. The average Bonchev–Trinajstić information content (AvgIpc) is 2.69. The Bertz CT molecular complexity index is 628. The van der Waals surface area contributed by atoms with Crippen LogP contribution in [0.2, 0.25) is 0 Å². The van der Waals surface area contributed by atoms with Crippen LogP contribution in [-0.4, -0.2) is 23.0 Å². The van der Waals surface area contributed by atoms with Gasteiger partial charge in [0, 0.05) is 17.5 Å². The molecule has 1 fully saturated rings. The van der Waals surface area contributed by atoms with Crippen LogP contribution in [0.4, 0.5) is 0 Å². The minimum absolute atomic E-state index is 0.108. The highest BCUT2D eigenvalue weighted by molar-refractivity contribution is 5.51. The summed E-state index contributed by atoms with van der Waals surface area (Å²) in [4.78, 5) is 0. The molecule has 3 unspecified atom stereocenters. The van der Waals surface area contributed by atoms with Crippen molar-refractivity contribution in [1.29, 1.82) is 0 Å². The monoisotopic (exact) mass is 373 g/mol. The first-order valence-corrected chi connectivity index (χ1v) is 10.8. The summed E-state index contributed by atoms with van der Waals surface area (Å²) in [6, 6.07) is 4.09. The van der Waals surface area contributed by atoms with Gasteiger partial charge in [-0.3, -0.25) is 0 Å². The lowest BCUT2D eigenvalue weighted by Crippen LogP contribution is -2.38. The fourth-order valence-electron chi connectivity index (χ4n) is 4.58. The Morgan fingerprint density at radius 3 is 2.81 bits per heavy atom. The fourth-order valence-corrected chi connectivity index (χ4v) is 4.58. The second kappa shape index (κ2) is 10.1. The van der Waals surface area contributed by atoms with Crippen LogP contribution in [0, 0.1) is 5.92 Å². The zero-order valence-electron chi connectivity index (χ0n) is 16.6. The Labute approximate surface area is 163 Å². The van der Waals surface area contributed by atoms with E-state index >= 15 is 0 Å². The second-order valence-corrected chi connectivity index (χ2v) is 8.22. The lowest BCUT2D eigenvalue weighted by molar-refractivity contribution is 0.0690. The van der Waals surface area contributed by atoms with E-state index in [-0.39, 0.29) is 12.0 Å². The van der Waals surface area contributed by atoms with E-state index in [1.807, 2.05) is 6.07 Å². The molecule has 1 aromatic rings. The highest BCUT2D eigenvalue weighted by Gasteiger charge is 2.38. The van der Waals surface area contributed by atoms with Crippen molar-refractivity contribution in [3.05, 3.63) is 35.4 Å². The third-order valence-corrected chi connectivity index (χ3v) is 6.17. The maximum Gasteiger partial charge on any atom is 0.126 e. The van der Waals surface area contributed by atoms with Crippen molar-refractivity contribution >= 4 is 0 Å². The molecule has 0 spiro atoms. The van der Waals surface area contributed by atoms with Crippen molar-refractivity contribution in [3.63, 3.8) is 0 Å². The highest BCUT2D eigenvalue weighted by Crippen LogP contribution is 2.49. The molecule has 1 aliphatic carbocycles. The number of aromatic hydroxyl groups is 1. The molecule has 1 aliphatic heterocycles. The minimum atomic E-state index is 0.108. The molecular formula is C23H35NO3. The van der Waals surface area contributed by atoms with Crippen molar-refractivity contribution in [3.8, 4) is 11.5 Å². The molecule has 3 rings (SSSR count). The summed E-state index contributed by atoms with van der Waals surface area (Å²) in [6.45, 7) is 2.96. The number of phenolic OH excluding ortho intramolecular Hbond substituents is 1. The number of ether oxygens (including phenoxy) is 1. The van der Waals surface area contributed by atoms with E-state index < -0.39 is 0 Å². The normalized spacial score (nSPS) is 24.4. The molecule has 1 heterocycles. The summed E-state index contributed by atoms with van der Waals surface area (Å²) in [7, 11) is 0. The van der Waals surface area contributed by atoms with Crippen LogP contribution >= 0.6 is 0 Å². The zero-order valence-corrected chi connectivity index (χ0v) is 16.6.